The lowest BCUT2D eigenvalue weighted by Crippen LogP contribution is -2.53. The van der Waals surface area contributed by atoms with Crippen LogP contribution in [0.15, 0.2) is 60.7 Å². The number of nitrogens with zero attached hydrogens (tertiary/aromatic N) is 1. The molecule has 1 saturated heterocycles. The molecule has 7 heteroatoms. The van der Waals surface area contributed by atoms with Crippen LogP contribution in [0.2, 0.25) is 0 Å². The van der Waals surface area contributed by atoms with Crippen molar-refractivity contribution < 1.29 is 14.4 Å². The summed E-state index contributed by atoms with van der Waals surface area (Å²) in [6.45, 7) is 0.192. The summed E-state index contributed by atoms with van der Waals surface area (Å²) in [5.74, 6) is -0.720. The maximum absolute atomic E-state index is 13.4. The molecule has 0 bridgehead atoms. The van der Waals surface area contributed by atoms with E-state index in [2.05, 4.69) is 15.6 Å². The first-order valence-corrected chi connectivity index (χ1v) is 9.33. The van der Waals surface area contributed by atoms with Crippen molar-refractivity contribution in [2.24, 2.45) is 5.73 Å². The minimum atomic E-state index is -0.921. The number of fused-ring (bicyclic) bond motifs is 1. The number of amides is 3. The molecule has 146 valence electrons. The Hall–Kier alpha value is -3.74. The average molecular weight is 388 g/mol. The molecule has 1 fully saturated rings. The van der Waals surface area contributed by atoms with Crippen molar-refractivity contribution in [3.8, 4) is 0 Å². The van der Waals surface area contributed by atoms with E-state index in [1.165, 1.54) is 6.07 Å². The van der Waals surface area contributed by atoms with Crippen molar-refractivity contribution in [2.45, 2.75) is 18.3 Å². The van der Waals surface area contributed by atoms with Crippen molar-refractivity contribution >= 4 is 34.4 Å². The second-order valence-electron chi connectivity index (χ2n) is 7.12. The number of primary amides is 1. The van der Waals surface area contributed by atoms with Gasteiger partial charge in [-0.2, -0.15) is 0 Å². The standard InChI is InChI=1S/C22H20N4O3/c23-20(28)16-12-18(25-17-9-5-4-8-15(16)17)26-21(29)22(11-10-19(27)24-13-22)14-6-2-1-3-7-14/h1-9,12H,10-11,13H2,(H2,23,28)(H,24,27)(H,25,26,29). The lowest BCUT2D eigenvalue weighted by atomic mass is 9.73. The van der Waals surface area contributed by atoms with Crippen LogP contribution in [0.1, 0.15) is 28.8 Å². The van der Waals surface area contributed by atoms with Crippen LogP contribution in [-0.4, -0.2) is 29.3 Å². The molecule has 0 spiro atoms. The summed E-state index contributed by atoms with van der Waals surface area (Å²) in [7, 11) is 0. The van der Waals surface area contributed by atoms with Gasteiger partial charge in [0.25, 0.3) is 0 Å². The van der Waals surface area contributed by atoms with Gasteiger partial charge in [0.05, 0.1) is 16.5 Å². The number of hydrogen-bond donors (Lipinski definition) is 3. The number of benzene rings is 2. The summed E-state index contributed by atoms with van der Waals surface area (Å²) in [5, 5.41) is 6.27. The monoisotopic (exact) mass is 388 g/mol. The summed E-state index contributed by atoms with van der Waals surface area (Å²) < 4.78 is 0. The summed E-state index contributed by atoms with van der Waals surface area (Å²) in [6, 6.07) is 17.9. The number of rotatable bonds is 4. The Kier molecular flexibility index (Phi) is 4.72. The Balaban J connectivity index is 1.73. The molecule has 3 aromatic rings. The van der Waals surface area contributed by atoms with Crippen LogP contribution in [0.5, 0.6) is 0 Å². The highest BCUT2D eigenvalue weighted by Crippen LogP contribution is 2.33. The lowest BCUT2D eigenvalue weighted by molar-refractivity contribution is -0.127. The molecule has 1 aromatic heterocycles. The van der Waals surface area contributed by atoms with Crippen LogP contribution >= 0.6 is 0 Å². The fourth-order valence-electron chi connectivity index (χ4n) is 3.76. The number of nitrogens with two attached hydrogens (primary N) is 1. The maximum Gasteiger partial charge on any atom is 0.249 e. The smallest absolute Gasteiger partial charge is 0.249 e. The van der Waals surface area contributed by atoms with E-state index in [1.807, 2.05) is 30.3 Å². The van der Waals surface area contributed by atoms with Crippen LogP contribution < -0.4 is 16.4 Å². The predicted octanol–water partition coefficient (Wildman–Crippen LogP) is 2.12. The van der Waals surface area contributed by atoms with Crippen LogP contribution in [0, 0.1) is 0 Å². The van der Waals surface area contributed by atoms with Gasteiger partial charge in [-0.3, -0.25) is 14.4 Å². The molecule has 1 unspecified atom stereocenters. The number of para-hydroxylation sites is 1. The van der Waals surface area contributed by atoms with Gasteiger partial charge in [-0.05, 0) is 24.1 Å². The van der Waals surface area contributed by atoms with E-state index in [0.29, 0.717) is 17.3 Å². The minimum absolute atomic E-state index is 0.0794. The zero-order chi connectivity index (χ0) is 20.4. The van der Waals surface area contributed by atoms with Crippen LogP contribution in [0.4, 0.5) is 5.82 Å². The molecule has 1 aliphatic heterocycles. The van der Waals surface area contributed by atoms with E-state index in [4.69, 9.17) is 5.73 Å². The third-order valence-electron chi connectivity index (χ3n) is 5.35. The topological polar surface area (TPSA) is 114 Å². The number of nitrogens with one attached hydrogen (secondary N) is 2. The Morgan fingerprint density at radius 1 is 1.07 bits per heavy atom. The number of carbonyl (C=O) groups is 3. The number of pyridine rings is 1. The number of carbonyl (C=O) groups excluding carboxylic acids is 3. The third kappa shape index (κ3) is 3.42. The fraction of sp³-hybridized carbons (Fsp3) is 0.182. The van der Waals surface area contributed by atoms with Gasteiger partial charge in [0.15, 0.2) is 0 Å². The SMILES string of the molecule is NC(=O)c1cc(NC(=O)C2(c3ccccc3)CCC(=O)NC2)nc2ccccc12. The summed E-state index contributed by atoms with van der Waals surface area (Å²) in [5.41, 5.74) is 6.27. The Morgan fingerprint density at radius 2 is 1.79 bits per heavy atom. The molecule has 7 nitrogen and oxygen atoms in total. The van der Waals surface area contributed by atoms with E-state index in [9.17, 15) is 14.4 Å². The van der Waals surface area contributed by atoms with Gasteiger partial charge < -0.3 is 16.4 Å². The lowest BCUT2D eigenvalue weighted by Gasteiger charge is -2.36. The van der Waals surface area contributed by atoms with E-state index < -0.39 is 11.3 Å². The molecule has 0 aliphatic carbocycles. The van der Waals surface area contributed by atoms with Crippen molar-refractivity contribution in [3.05, 3.63) is 71.8 Å². The number of hydrogen-bond acceptors (Lipinski definition) is 4. The van der Waals surface area contributed by atoms with Crippen LogP contribution in [-0.2, 0) is 15.0 Å². The Labute approximate surface area is 167 Å². The summed E-state index contributed by atoms with van der Waals surface area (Å²) in [6.07, 6.45) is 0.630. The largest absolute Gasteiger partial charge is 0.366 e. The molecular weight excluding hydrogens is 368 g/mol. The van der Waals surface area contributed by atoms with E-state index in [0.717, 1.165) is 5.56 Å². The summed E-state index contributed by atoms with van der Waals surface area (Å²) >= 11 is 0. The van der Waals surface area contributed by atoms with Crippen LogP contribution in [0.3, 0.4) is 0 Å². The second kappa shape index (κ2) is 7.35. The molecule has 29 heavy (non-hydrogen) atoms. The molecule has 2 aromatic carbocycles. The van der Waals surface area contributed by atoms with Gasteiger partial charge in [-0.25, -0.2) is 4.98 Å². The minimum Gasteiger partial charge on any atom is -0.366 e. The van der Waals surface area contributed by atoms with Gasteiger partial charge in [0.2, 0.25) is 17.7 Å². The van der Waals surface area contributed by atoms with Gasteiger partial charge in [-0.15, -0.1) is 0 Å². The predicted molar refractivity (Wildman–Crippen MR) is 109 cm³/mol. The molecule has 1 aliphatic rings. The highest BCUT2D eigenvalue weighted by molar-refractivity contribution is 6.08. The normalized spacial score (nSPS) is 18.8. The first-order valence-electron chi connectivity index (χ1n) is 9.33. The van der Waals surface area contributed by atoms with Gasteiger partial charge >= 0.3 is 0 Å². The quantitative estimate of drug-likeness (QED) is 0.635. The van der Waals surface area contributed by atoms with Gasteiger partial charge in [-0.1, -0.05) is 48.5 Å². The molecule has 0 saturated carbocycles. The zero-order valence-electron chi connectivity index (χ0n) is 15.6. The molecule has 3 amide bonds. The molecule has 2 heterocycles. The molecule has 1 atom stereocenters. The first-order chi connectivity index (χ1) is 14.0. The van der Waals surface area contributed by atoms with Crippen molar-refractivity contribution in [1.29, 1.82) is 0 Å². The van der Waals surface area contributed by atoms with Crippen LogP contribution in [0.25, 0.3) is 10.9 Å². The maximum atomic E-state index is 13.4. The Morgan fingerprint density at radius 3 is 2.48 bits per heavy atom. The van der Waals surface area contributed by atoms with Crippen molar-refractivity contribution in [3.63, 3.8) is 0 Å². The van der Waals surface area contributed by atoms with Gasteiger partial charge in [0.1, 0.15) is 5.82 Å². The van der Waals surface area contributed by atoms with E-state index >= 15 is 0 Å². The highest BCUT2D eigenvalue weighted by atomic mass is 16.2. The van der Waals surface area contributed by atoms with E-state index in [1.54, 1.807) is 24.3 Å². The summed E-state index contributed by atoms with van der Waals surface area (Å²) in [4.78, 5) is 41.5. The first kappa shape index (κ1) is 18.6. The number of aromatic nitrogens is 1. The van der Waals surface area contributed by atoms with E-state index in [-0.39, 0.29) is 36.2 Å². The number of piperidine rings is 1. The van der Waals surface area contributed by atoms with Crippen molar-refractivity contribution in [1.82, 2.24) is 10.3 Å². The fourth-order valence-corrected chi connectivity index (χ4v) is 3.76. The van der Waals surface area contributed by atoms with Gasteiger partial charge in [0, 0.05) is 18.4 Å². The molecular formula is C22H20N4O3. The second-order valence-corrected chi connectivity index (χ2v) is 7.12. The molecule has 4 rings (SSSR count). The number of anilines is 1. The third-order valence-corrected chi connectivity index (χ3v) is 5.35. The average Bonchev–Trinajstić information content (AvgIpc) is 2.74. The molecule has 4 N–H and O–H groups in total. The highest BCUT2D eigenvalue weighted by Gasteiger charge is 2.43. The zero-order valence-corrected chi connectivity index (χ0v) is 15.6. The molecule has 0 radical (unpaired) electrons. The Bertz CT molecular complexity index is 1100. The van der Waals surface area contributed by atoms with Crippen molar-refractivity contribution in [2.75, 3.05) is 11.9 Å².